The summed E-state index contributed by atoms with van der Waals surface area (Å²) in [4.78, 5) is 11.2. The quantitative estimate of drug-likeness (QED) is 0.916. The molecule has 2 aromatic rings. The lowest BCUT2D eigenvalue weighted by atomic mass is 10.1. The lowest BCUT2D eigenvalue weighted by molar-refractivity contribution is 0.0691. The molecule has 0 unspecified atom stereocenters. The number of hydrogen-bond donors (Lipinski definition) is 1. The molecule has 0 fully saturated rings. The van der Waals surface area contributed by atoms with Gasteiger partial charge in [-0.15, -0.1) is 0 Å². The Morgan fingerprint density at radius 1 is 1.24 bits per heavy atom. The van der Waals surface area contributed by atoms with E-state index in [-0.39, 0.29) is 23.7 Å². The van der Waals surface area contributed by atoms with E-state index in [2.05, 4.69) is 0 Å². The Labute approximate surface area is 121 Å². The number of halogens is 1. The van der Waals surface area contributed by atoms with Crippen molar-refractivity contribution in [2.45, 2.75) is 13.5 Å². The van der Waals surface area contributed by atoms with E-state index in [1.807, 2.05) is 0 Å². The van der Waals surface area contributed by atoms with E-state index in [9.17, 15) is 14.3 Å². The molecule has 0 saturated heterocycles. The van der Waals surface area contributed by atoms with E-state index in [0.717, 1.165) is 11.1 Å². The van der Waals surface area contributed by atoms with Crippen LogP contribution in [0.2, 0.25) is 0 Å². The molecule has 2 aromatic carbocycles. The van der Waals surface area contributed by atoms with Gasteiger partial charge in [-0.2, -0.15) is 0 Å². The predicted octanol–water partition coefficient (Wildman–Crippen LogP) is 3.42. The molecular formula is C16H15FO4. The monoisotopic (exact) mass is 290 g/mol. The van der Waals surface area contributed by atoms with Crippen LogP contribution >= 0.6 is 0 Å². The molecule has 0 aliphatic rings. The van der Waals surface area contributed by atoms with Crippen molar-refractivity contribution in [1.29, 1.82) is 0 Å². The highest BCUT2D eigenvalue weighted by atomic mass is 19.1. The number of carboxylic acid groups (broad SMARTS) is 1. The van der Waals surface area contributed by atoms with Crippen molar-refractivity contribution in [2.24, 2.45) is 0 Å². The Kier molecular flexibility index (Phi) is 4.42. The number of carboxylic acids is 1. The summed E-state index contributed by atoms with van der Waals surface area (Å²) in [5.74, 6) is -0.726. The molecule has 0 heterocycles. The summed E-state index contributed by atoms with van der Waals surface area (Å²) in [6.07, 6.45) is 0. The smallest absolute Gasteiger partial charge is 0.339 e. The highest BCUT2D eigenvalue weighted by molar-refractivity contribution is 5.91. The molecule has 5 heteroatoms. The van der Waals surface area contributed by atoms with Crippen LogP contribution in [0.1, 0.15) is 21.5 Å². The van der Waals surface area contributed by atoms with Crippen LogP contribution in [0.15, 0.2) is 36.4 Å². The molecule has 0 aliphatic heterocycles. The number of rotatable bonds is 5. The predicted molar refractivity (Wildman–Crippen MR) is 75.4 cm³/mol. The molecule has 0 saturated carbocycles. The summed E-state index contributed by atoms with van der Waals surface area (Å²) >= 11 is 0. The first kappa shape index (κ1) is 14.8. The van der Waals surface area contributed by atoms with E-state index >= 15 is 0 Å². The van der Waals surface area contributed by atoms with Crippen LogP contribution in [0.5, 0.6) is 11.5 Å². The highest BCUT2D eigenvalue weighted by Crippen LogP contribution is 2.25. The van der Waals surface area contributed by atoms with Crippen molar-refractivity contribution in [1.82, 2.24) is 0 Å². The van der Waals surface area contributed by atoms with Crippen molar-refractivity contribution in [3.05, 3.63) is 58.9 Å². The Morgan fingerprint density at radius 3 is 2.62 bits per heavy atom. The second-order valence-corrected chi connectivity index (χ2v) is 4.53. The number of carbonyl (C=O) groups is 1. The van der Waals surface area contributed by atoms with Crippen LogP contribution in [0.4, 0.5) is 4.39 Å². The van der Waals surface area contributed by atoms with Crippen molar-refractivity contribution >= 4 is 5.97 Å². The van der Waals surface area contributed by atoms with Gasteiger partial charge in [0.25, 0.3) is 0 Å². The van der Waals surface area contributed by atoms with Gasteiger partial charge in [-0.05, 0) is 48.4 Å². The molecule has 0 aliphatic carbocycles. The van der Waals surface area contributed by atoms with Crippen molar-refractivity contribution in [3.8, 4) is 11.5 Å². The average molecular weight is 290 g/mol. The largest absolute Gasteiger partial charge is 0.497 e. The number of hydrogen-bond acceptors (Lipinski definition) is 3. The van der Waals surface area contributed by atoms with Gasteiger partial charge in [0, 0.05) is 0 Å². The second-order valence-electron chi connectivity index (χ2n) is 4.53. The number of methoxy groups -OCH3 is 1. The van der Waals surface area contributed by atoms with Crippen LogP contribution in [0.25, 0.3) is 0 Å². The van der Waals surface area contributed by atoms with Gasteiger partial charge in [0.2, 0.25) is 0 Å². The third-order valence-electron chi connectivity index (χ3n) is 3.10. The van der Waals surface area contributed by atoms with Crippen molar-refractivity contribution < 1.29 is 23.8 Å². The minimum absolute atomic E-state index is 0.0223. The standard InChI is InChI=1S/C16H15FO4/c1-10-7-12(17)4-3-11(10)9-21-15-6-5-13(20-2)8-14(15)16(18)19/h3-8H,9H2,1-2H3,(H,18,19). The van der Waals surface area contributed by atoms with E-state index in [1.165, 1.54) is 25.3 Å². The number of ether oxygens (including phenoxy) is 2. The Balaban J connectivity index is 2.21. The number of aryl methyl sites for hydroxylation is 1. The molecule has 0 spiro atoms. The van der Waals surface area contributed by atoms with Crippen LogP contribution in [-0.4, -0.2) is 18.2 Å². The molecule has 0 amide bonds. The van der Waals surface area contributed by atoms with Crippen molar-refractivity contribution in [3.63, 3.8) is 0 Å². The van der Waals surface area contributed by atoms with E-state index in [1.54, 1.807) is 25.1 Å². The molecule has 0 bridgehead atoms. The highest BCUT2D eigenvalue weighted by Gasteiger charge is 2.13. The van der Waals surface area contributed by atoms with Crippen molar-refractivity contribution in [2.75, 3.05) is 7.11 Å². The topological polar surface area (TPSA) is 55.8 Å². The Bertz CT molecular complexity index is 667. The number of benzene rings is 2. The van der Waals surface area contributed by atoms with Gasteiger partial charge in [0.15, 0.2) is 0 Å². The molecule has 21 heavy (non-hydrogen) atoms. The third-order valence-corrected chi connectivity index (χ3v) is 3.10. The van der Waals surface area contributed by atoms with Gasteiger partial charge in [0.05, 0.1) is 7.11 Å². The maximum absolute atomic E-state index is 13.0. The Hall–Kier alpha value is -2.56. The summed E-state index contributed by atoms with van der Waals surface area (Å²) in [7, 11) is 1.46. The van der Waals surface area contributed by atoms with E-state index in [0.29, 0.717) is 5.75 Å². The fourth-order valence-corrected chi connectivity index (χ4v) is 1.91. The molecule has 2 rings (SSSR count). The fraction of sp³-hybridized carbons (Fsp3) is 0.188. The zero-order valence-electron chi connectivity index (χ0n) is 11.7. The third kappa shape index (κ3) is 3.51. The zero-order chi connectivity index (χ0) is 15.4. The average Bonchev–Trinajstić information content (AvgIpc) is 2.46. The van der Waals surface area contributed by atoms with Crippen LogP contribution in [0, 0.1) is 12.7 Å². The maximum Gasteiger partial charge on any atom is 0.339 e. The van der Waals surface area contributed by atoms with Gasteiger partial charge < -0.3 is 14.6 Å². The Morgan fingerprint density at radius 2 is 2.00 bits per heavy atom. The minimum Gasteiger partial charge on any atom is -0.497 e. The SMILES string of the molecule is COc1ccc(OCc2ccc(F)cc2C)c(C(=O)O)c1. The molecule has 0 atom stereocenters. The first-order valence-corrected chi connectivity index (χ1v) is 6.30. The summed E-state index contributed by atoms with van der Waals surface area (Å²) in [6.45, 7) is 1.94. The van der Waals surface area contributed by atoms with Crippen LogP contribution < -0.4 is 9.47 Å². The maximum atomic E-state index is 13.0. The molecule has 0 radical (unpaired) electrons. The van der Waals surface area contributed by atoms with Gasteiger partial charge >= 0.3 is 5.97 Å². The summed E-state index contributed by atoms with van der Waals surface area (Å²) in [5.41, 5.74) is 1.57. The van der Waals surface area contributed by atoms with Crippen LogP contribution in [0.3, 0.4) is 0 Å². The van der Waals surface area contributed by atoms with Crippen LogP contribution in [-0.2, 0) is 6.61 Å². The molecule has 0 aromatic heterocycles. The first-order valence-electron chi connectivity index (χ1n) is 6.30. The van der Waals surface area contributed by atoms with Gasteiger partial charge in [0.1, 0.15) is 29.5 Å². The molecular weight excluding hydrogens is 275 g/mol. The zero-order valence-corrected chi connectivity index (χ0v) is 11.7. The van der Waals surface area contributed by atoms with E-state index in [4.69, 9.17) is 9.47 Å². The lowest BCUT2D eigenvalue weighted by Gasteiger charge is -2.12. The first-order chi connectivity index (χ1) is 10.0. The summed E-state index contributed by atoms with van der Waals surface area (Å²) in [6, 6.07) is 8.94. The van der Waals surface area contributed by atoms with Gasteiger partial charge in [-0.25, -0.2) is 9.18 Å². The van der Waals surface area contributed by atoms with Gasteiger partial charge in [-0.1, -0.05) is 6.07 Å². The van der Waals surface area contributed by atoms with Gasteiger partial charge in [-0.3, -0.25) is 0 Å². The normalized spacial score (nSPS) is 10.2. The molecule has 4 nitrogen and oxygen atoms in total. The fourth-order valence-electron chi connectivity index (χ4n) is 1.91. The summed E-state index contributed by atoms with van der Waals surface area (Å²) in [5, 5.41) is 9.19. The summed E-state index contributed by atoms with van der Waals surface area (Å²) < 4.78 is 23.6. The minimum atomic E-state index is -1.10. The lowest BCUT2D eigenvalue weighted by Crippen LogP contribution is -2.05. The molecule has 110 valence electrons. The number of aromatic carboxylic acids is 1. The second kappa shape index (κ2) is 6.26. The molecule has 1 N–H and O–H groups in total. The van der Waals surface area contributed by atoms with E-state index < -0.39 is 5.97 Å².